The molecular formula is C19H24N2O2. The number of carbonyl (C=O) groups excluding carboxylic acids is 1. The molecule has 0 heterocycles. The molecule has 2 N–H and O–H groups in total. The van der Waals surface area contributed by atoms with Gasteiger partial charge in [-0.2, -0.15) is 0 Å². The van der Waals surface area contributed by atoms with Crippen LogP contribution in [0.4, 0.5) is 11.4 Å². The van der Waals surface area contributed by atoms with Crippen LogP contribution in [0.1, 0.15) is 31.7 Å². The second-order valence-corrected chi connectivity index (χ2v) is 5.67. The molecule has 0 radical (unpaired) electrons. The van der Waals surface area contributed by atoms with E-state index in [0.717, 1.165) is 5.69 Å². The number of benzene rings is 2. The van der Waals surface area contributed by atoms with Crippen LogP contribution >= 0.6 is 0 Å². The number of methoxy groups -OCH3 is 1. The lowest BCUT2D eigenvalue weighted by Crippen LogP contribution is -2.17. The monoisotopic (exact) mass is 312 g/mol. The van der Waals surface area contributed by atoms with E-state index in [1.807, 2.05) is 42.5 Å². The highest BCUT2D eigenvalue weighted by molar-refractivity contribution is 5.92. The van der Waals surface area contributed by atoms with Crippen molar-refractivity contribution in [1.82, 2.24) is 0 Å². The highest BCUT2D eigenvalue weighted by Crippen LogP contribution is 2.24. The van der Waals surface area contributed by atoms with E-state index >= 15 is 0 Å². The Morgan fingerprint density at radius 3 is 2.39 bits per heavy atom. The van der Waals surface area contributed by atoms with Crippen LogP contribution in [0, 0.1) is 0 Å². The molecule has 4 nitrogen and oxygen atoms in total. The predicted molar refractivity (Wildman–Crippen MR) is 95.3 cm³/mol. The molecule has 2 rings (SSSR count). The van der Waals surface area contributed by atoms with E-state index in [-0.39, 0.29) is 5.91 Å². The van der Waals surface area contributed by atoms with E-state index in [2.05, 4.69) is 30.5 Å². The number of hydrogen-bond donors (Lipinski definition) is 2. The average molecular weight is 312 g/mol. The largest absolute Gasteiger partial charge is 0.495 e. The molecule has 2 aromatic rings. The summed E-state index contributed by atoms with van der Waals surface area (Å²) < 4.78 is 5.23. The molecule has 0 aliphatic rings. The normalized spacial score (nSPS) is 10.4. The van der Waals surface area contributed by atoms with Crippen LogP contribution in [0.25, 0.3) is 0 Å². The zero-order valence-corrected chi connectivity index (χ0v) is 13.9. The van der Waals surface area contributed by atoms with Gasteiger partial charge >= 0.3 is 0 Å². The molecule has 4 heteroatoms. The van der Waals surface area contributed by atoms with Gasteiger partial charge < -0.3 is 15.4 Å². The maximum Gasteiger partial charge on any atom is 0.226 e. The Kier molecular flexibility index (Phi) is 6.03. The Hall–Kier alpha value is -2.49. The Labute approximate surface area is 137 Å². The first-order valence-corrected chi connectivity index (χ1v) is 7.87. The van der Waals surface area contributed by atoms with Crippen molar-refractivity contribution in [3.8, 4) is 5.75 Å². The highest BCUT2D eigenvalue weighted by atomic mass is 16.5. The number of amides is 1. The van der Waals surface area contributed by atoms with Crippen LogP contribution in [0.2, 0.25) is 0 Å². The minimum absolute atomic E-state index is 0.0379. The van der Waals surface area contributed by atoms with Gasteiger partial charge in [0, 0.05) is 18.7 Å². The van der Waals surface area contributed by atoms with Crippen molar-refractivity contribution < 1.29 is 9.53 Å². The predicted octanol–water partition coefficient (Wildman–Crippen LogP) is 4.26. The minimum atomic E-state index is -0.0379. The zero-order chi connectivity index (χ0) is 16.7. The fourth-order valence-corrected chi connectivity index (χ4v) is 2.43. The van der Waals surface area contributed by atoms with Crippen LogP contribution in [-0.2, 0) is 4.79 Å². The average Bonchev–Trinajstić information content (AvgIpc) is 2.55. The third kappa shape index (κ3) is 4.74. The molecule has 23 heavy (non-hydrogen) atoms. The fraction of sp³-hybridized carbons (Fsp3) is 0.316. The Bertz CT molecular complexity index is 653. The summed E-state index contributed by atoms with van der Waals surface area (Å²) in [5, 5.41) is 6.23. The molecule has 0 saturated heterocycles. The summed E-state index contributed by atoms with van der Waals surface area (Å²) in [6, 6.07) is 15.6. The molecule has 0 aliphatic carbocycles. The van der Waals surface area contributed by atoms with Gasteiger partial charge in [-0.3, -0.25) is 4.79 Å². The van der Waals surface area contributed by atoms with Crippen molar-refractivity contribution in [2.75, 3.05) is 24.3 Å². The third-order valence-electron chi connectivity index (χ3n) is 3.63. The van der Waals surface area contributed by atoms with Gasteiger partial charge in [0.2, 0.25) is 5.91 Å². The minimum Gasteiger partial charge on any atom is -0.495 e. The topological polar surface area (TPSA) is 50.4 Å². The number of ether oxygens (including phenoxy) is 1. The van der Waals surface area contributed by atoms with E-state index in [1.165, 1.54) is 5.56 Å². The van der Waals surface area contributed by atoms with E-state index in [0.29, 0.717) is 30.3 Å². The summed E-state index contributed by atoms with van der Waals surface area (Å²) in [4.78, 5) is 12.1. The molecule has 0 aliphatic heterocycles. The van der Waals surface area contributed by atoms with Gasteiger partial charge in [-0.15, -0.1) is 0 Å². The molecule has 0 fully saturated rings. The van der Waals surface area contributed by atoms with E-state index in [1.54, 1.807) is 7.11 Å². The van der Waals surface area contributed by atoms with Crippen LogP contribution in [0.3, 0.4) is 0 Å². The summed E-state index contributed by atoms with van der Waals surface area (Å²) in [5.41, 5.74) is 3.05. The molecule has 122 valence electrons. The highest BCUT2D eigenvalue weighted by Gasteiger charge is 2.08. The first-order chi connectivity index (χ1) is 11.1. The first kappa shape index (κ1) is 16.9. The van der Waals surface area contributed by atoms with Crippen molar-refractivity contribution in [1.29, 1.82) is 0 Å². The third-order valence-corrected chi connectivity index (χ3v) is 3.63. The summed E-state index contributed by atoms with van der Waals surface area (Å²) in [5.74, 6) is 1.07. The van der Waals surface area contributed by atoms with E-state index in [4.69, 9.17) is 4.74 Å². The number of nitrogens with one attached hydrogen (secondary N) is 2. The van der Waals surface area contributed by atoms with Gasteiger partial charge in [0.05, 0.1) is 12.8 Å². The number of hydrogen-bond acceptors (Lipinski definition) is 3. The quantitative estimate of drug-likeness (QED) is 0.803. The fourth-order valence-electron chi connectivity index (χ4n) is 2.43. The number of para-hydroxylation sites is 3. The number of rotatable bonds is 7. The Morgan fingerprint density at radius 1 is 1.04 bits per heavy atom. The van der Waals surface area contributed by atoms with Gasteiger partial charge in [0.1, 0.15) is 5.75 Å². The van der Waals surface area contributed by atoms with Gasteiger partial charge in [0.15, 0.2) is 0 Å². The molecule has 0 atom stereocenters. The van der Waals surface area contributed by atoms with Crippen molar-refractivity contribution in [2.24, 2.45) is 0 Å². The standard InChI is InChI=1S/C19H24N2O2/c1-14(2)15-8-4-5-9-16(15)20-13-12-19(22)21-17-10-6-7-11-18(17)23-3/h4-11,14,20H,12-13H2,1-3H3,(H,21,22). The van der Waals surface area contributed by atoms with Crippen molar-refractivity contribution in [3.63, 3.8) is 0 Å². The lowest BCUT2D eigenvalue weighted by atomic mass is 10.0. The van der Waals surface area contributed by atoms with Gasteiger partial charge in [-0.25, -0.2) is 0 Å². The summed E-state index contributed by atoms with van der Waals surface area (Å²) >= 11 is 0. The SMILES string of the molecule is COc1ccccc1NC(=O)CCNc1ccccc1C(C)C. The molecule has 1 amide bonds. The lowest BCUT2D eigenvalue weighted by Gasteiger charge is -2.14. The summed E-state index contributed by atoms with van der Waals surface area (Å²) in [7, 11) is 1.59. The smallest absolute Gasteiger partial charge is 0.226 e. The molecule has 0 saturated carbocycles. The Morgan fingerprint density at radius 2 is 1.70 bits per heavy atom. The first-order valence-electron chi connectivity index (χ1n) is 7.87. The van der Waals surface area contributed by atoms with Crippen LogP contribution in [0.15, 0.2) is 48.5 Å². The molecule has 0 aromatic heterocycles. The van der Waals surface area contributed by atoms with Crippen molar-refractivity contribution in [2.45, 2.75) is 26.2 Å². The lowest BCUT2D eigenvalue weighted by molar-refractivity contribution is -0.116. The molecule has 0 bridgehead atoms. The maximum absolute atomic E-state index is 12.1. The van der Waals surface area contributed by atoms with E-state index < -0.39 is 0 Å². The van der Waals surface area contributed by atoms with Crippen LogP contribution in [0.5, 0.6) is 5.75 Å². The van der Waals surface area contributed by atoms with Gasteiger partial charge in [-0.05, 0) is 29.7 Å². The Balaban J connectivity index is 1.88. The maximum atomic E-state index is 12.1. The molecule has 0 unspecified atom stereocenters. The molecular weight excluding hydrogens is 288 g/mol. The van der Waals surface area contributed by atoms with E-state index in [9.17, 15) is 4.79 Å². The van der Waals surface area contributed by atoms with Crippen molar-refractivity contribution >= 4 is 17.3 Å². The zero-order valence-electron chi connectivity index (χ0n) is 13.9. The number of carbonyl (C=O) groups is 1. The molecule has 0 spiro atoms. The molecule has 2 aromatic carbocycles. The van der Waals surface area contributed by atoms with Crippen molar-refractivity contribution in [3.05, 3.63) is 54.1 Å². The van der Waals surface area contributed by atoms with Gasteiger partial charge in [-0.1, -0.05) is 44.2 Å². The summed E-state index contributed by atoms with van der Waals surface area (Å²) in [6.45, 7) is 4.91. The second kappa shape index (κ2) is 8.22. The second-order valence-electron chi connectivity index (χ2n) is 5.67. The number of anilines is 2. The van der Waals surface area contributed by atoms with Crippen LogP contribution in [-0.4, -0.2) is 19.6 Å². The summed E-state index contributed by atoms with van der Waals surface area (Å²) in [6.07, 6.45) is 0.393. The van der Waals surface area contributed by atoms with Gasteiger partial charge in [0.25, 0.3) is 0 Å². The van der Waals surface area contributed by atoms with Crippen LogP contribution < -0.4 is 15.4 Å².